The zero-order valence-corrected chi connectivity index (χ0v) is 18.5. The van der Waals surface area contributed by atoms with E-state index in [-0.39, 0.29) is 0 Å². The van der Waals surface area contributed by atoms with Gasteiger partial charge in [-0.05, 0) is 45.2 Å². The Hall–Kier alpha value is -1.63. The number of piperazine rings is 1. The molecule has 2 rings (SSSR count). The summed E-state index contributed by atoms with van der Waals surface area (Å²) < 4.78 is 5.36. The van der Waals surface area contributed by atoms with Crippen molar-refractivity contribution in [1.29, 1.82) is 0 Å². The number of rotatable bonds is 13. The zero-order chi connectivity index (χ0) is 20.6. The van der Waals surface area contributed by atoms with Crippen LogP contribution in [-0.2, 0) is 11.3 Å². The number of guanidine groups is 1. The highest BCUT2D eigenvalue weighted by molar-refractivity contribution is 5.79. The van der Waals surface area contributed by atoms with Crippen LogP contribution in [0.5, 0.6) is 0 Å². The second-order valence-electron chi connectivity index (χ2n) is 7.55. The van der Waals surface area contributed by atoms with Crippen molar-refractivity contribution in [2.45, 2.75) is 39.7 Å². The highest BCUT2D eigenvalue weighted by Gasteiger charge is 2.16. The fraction of sp³-hybridized carbons (Fsp3) is 0.696. The van der Waals surface area contributed by atoms with E-state index in [0.717, 1.165) is 51.8 Å². The van der Waals surface area contributed by atoms with Gasteiger partial charge in [0.05, 0.1) is 0 Å². The van der Waals surface area contributed by atoms with Gasteiger partial charge in [-0.3, -0.25) is 9.89 Å². The molecule has 1 aliphatic rings. The van der Waals surface area contributed by atoms with E-state index in [2.05, 4.69) is 62.7 Å². The molecule has 0 aliphatic carbocycles. The van der Waals surface area contributed by atoms with E-state index < -0.39 is 0 Å². The van der Waals surface area contributed by atoms with E-state index in [4.69, 9.17) is 4.74 Å². The first-order chi connectivity index (χ1) is 14.3. The number of hydrogen-bond donors (Lipinski definition) is 2. The SMILES string of the molecule is CCNC(=NCCCOCC)NCCCCN1CCN(Cc2ccccc2)CC1. The summed E-state index contributed by atoms with van der Waals surface area (Å²) in [6.45, 7) is 15.4. The fourth-order valence-electron chi connectivity index (χ4n) is 3.52. The van der Waals surface area contributed by atoms with Crippen LogP contribution >= 0.6 is 0 Å². The Morgan fingerprint density at radius 2 is 1.72 bits per heavy atom. The summed E-state index contributed by atoms with van der Waals surface area (Å²) in [7, 11) is 0. The van der Waals surface area contributed by atoms with E-state index in [9.17, 15) is 0 Å². The quantitative estimate of drug-likeness (QED) is 0.301. The summed E-state index contributed by atoms with van der Waals surface area (Å²) in [6, 6.07) is 10.8. The van der Waals surface area contributed by atoms with Gasteiger partial charge in [0.1, 0.15) is 0 Å². The molecule has 1 fully saturated rings. The van der Waals surface area contributed by atoms with E-state index in [1.54, 1.807) is 0 Å². The van der Waals surface area contributed by atoms with Crippen molar-refractivity contribution in [1.82, 2.24) is 20.4 Å². The zero-order valence-electron chi connectivity index (χ0n) is 18.5. The summed E-state index contributed by atoms with van der Waals surface area (Å²) in [5.74, 6) is 0.929. The maximum absolute atomic E-state index is 5.36. The number of nitrogens with one attached hydrogen (secondary N) is 2. The third-order valence-corrected chi connectivity index (χ3v) is 5.17. The van der Waals surface area contributed by atoms with Gasteiger partial charge in [0.2, 0.25) is 0 Å². The average molecular weight is 404 g/mol. The second kappa shape index (κ2) is 15.2. The standard InChI is InChI=1S/C23H41N5O/c1-3-24-23(26-14-10-20-29-4-2)25-13-8-9-15-27-16-18-28(19-17-27)21-22-11-6-5-7-12-22/h5-7,11-12H,3-4,8-10,13-21H2,1-2H3,(H2,24,25,26). The Bertz CT molecular complexity index is 543. The Kier molecular flexibility index (Phi) is 12.4. The number of aliphatic imine (C=N–C) groups is 1. The van der Waals surface area contributed by atoms with Crippen LogP contribution in [0.4, 0.5) is 0 Å². The van der Waals surface area contributed by atoms with Gasteiger partial charge in [0.15, 0.2) is 5.96 Å². The van der Waals surface area contributed by atoms with E-state index >= 15 is 0 Å². The molecule has 0 amide bonds. The van der Waals surface area contributed by atoms with Gasteiger partial charge in [-0.1, -0.05) is 30.3 Å². The second-order valence-corrected chi connectivity index (χ2v) is 7.55. The minimum absolute atomic E-state index is 0.782. The predicted molar refractivity (Wildman–Crippen MR) is 122 cm³/mol. The molecule has 0 radical (unpaired) electrons. The Balaban J connectivity index is 1.52. The van der Waals surface area contributed by atoms with Gasteiger partial charge in [-0.2, -0.15) is 0 Å². The number of ether oxygens (including phenoxy) is 1. The van der Waals surface area contributed by atoms with Gasteiger partial charge in [0, 0.05) is 65.6 Å². The normalized spacial score (nSPS) is 16.1. The lowest BCUT2D eigenvalue weighted by Crippen LogP contribution is -2.46. The van der Waals surface area contributed by atoms with Gasteiger partial charge >= 0.3 is 0 Å². The topological polar surface area (TPSA) is 52.1 Å². The van der Waals surface area contributed by atoms with Crippen LogP contribution in [0.15, 0.2) is 35.3 Å². The predicted octanol–water partition coefficient (Wildman–Crippen LogP) is 2.57. The summed E-state index contributed by atoms with van der Waals surface area (Å²) in [6.07, 6.45) is 3.38. The van der Waals surface area contributed by atoms with Crippen molar-refractivity contribution < 1.29 is 4.74 Å². The molecule has 1 aromatic carbocycles. The molecule has 0 spiro atoms. The molecule has 164 valence electrons. The largest absolute Gasteiger partial charge is 0.382 e. The molecule has 0 atom stereocenters. The summed E-state index contributed by atoms with van der Waals surface area (Å²) >= 11 is 0. The van der Waals surface area contributed by atoms with Crippen LogP contribution < -0.4 is 10.6 Å². The highest BCUT2D eigenvalue weighted by atomic mass is 16.5. The lowest BCUT2D eigenvalue weighted by molar-refractivity contribution is 0.126. The first-order valence-electron chi connectivity index (χ1n) is 11.4. The first-order valence-corrected chi connectivity index (χ1v) is 11.4. The number of benzene rings is 1. The summed E-state index contributed by atoms with van der Waals surface area (Å²) in [4.78, 5) is 9.79. The molecule has 29 heavy (non-hydrogen) atoms. The lowest BCUT2D eigenvalue weighted by atomic mass is 10.2. The Morgan fingerprint density at radius 1 is 0.966 bits per heavy atom. The van der Waals surface area contributed by atoms with Crippen LogP contribution in [0.1, 0.15) is 38.7 Å². The van der Waals surface area contributed by atoms with Gasteiger partial charge in [-0.25, -0.2) is 0 Å². The summed E-state index contributed by atoms with van der Waals surface area (Å²) in [5.41, 5.74) is 1.42. The molecule has 1 aliphatic heterocycles. The van der Waals surface area contributed by atoms with Crippen molar-refractivity contribution in [3.63, 3.8) is 0 Å². The monoisotopic (exact) mass is 403 g/mol. The third-order valence-electron chi connectivity index (χ3n) is 5.17. The molecule has 0 bridgehead atoms. The van der Waals surface area contributed by atoms with Crippen LogP contribution in [0.2, 0.25) is 0 Å². The number of unbranched alkanes of at least 4 members (excludes halogenated alkanes) is 1. The smallest absolute Gasteiger partial charge is 0.191 e. The Morgan fingerprint density at radius 3 is 2.45 bits per heavy atom. The van der Waals surface area contributed by atoms with Gasteiger partial charge < -0.3 is 20.3 Å². The molecule has 6 heteroatoms. The Labute approximate surface area is 177 Å². The van der Waals surface area contributed by atoms with E-state index in [0.29, 0.717) is 0 Å². The highest BCUT2D eigenvalue weighted by Crippen LogP contribution is 2.09. The minimum Gasteiger partial charge on any atom is -0.382 e. The first kappa shape index (κ1) is 23.6. The molecular weight excluding hydrogens is 362 g/mol. The maximum Gasteiger partial charge on any atom is 0.191 e. The van der Waals surface area contributed by atoms with Gasteiger partial charge in [0.25, 0.3) is 0 Å². The minimum atomic E-state index is 0.782. The van der Waals surface area contributed by atoms with E-state index in [1.165, 1.54) is 51.1 Å². The molecule has 0 saturated carbocycles. The molecule has 1 saturated heterocycles. The molecule has 6 nitrogen and oxygen atoms in total. The van der Waals surface area contributed by atoms with Crippen molar-refractivity contribution in [2.24, 2.45) is 4.99 Å². The average Bonchev–Trinajstić information content (AvgIpc) is 2.75. The molecule has 1 heterocycles. The molecular formula is C23H41N5O. The maximum atomic E-state index is 5.36. The summed E-state index contributed by atoms with van der Waals surface area (Å²) in [5, 5.41) is 6.78. The molecule has 1 aromatic rings. The van der Waals surface area contributed by atoms with Crippen LogP contribution in [0.3, 0.4) is 0 Å². The van der Waals surface area contributed by atoms with E-state index in [1.807, 2.05) is 6.92 Å². The van der Waals surface area contributed by atoms with Crippen molar-refractivity contribution >= 4 is 5.96 Å². The van der Waals surface area contributed by atoms with Crippen molar-refractivity contribution in [3.05, 3.63) is 35.9 Å². The van der Waals surface area contributed by atoms with Crippen LogP contribution in [0, 0.1) is 0 Å². The number of hydrogen-bond acceptors (Lipinski definition) is 4. The van der Waals surface area contributed by atoms with Crippen LogP contribution in [0.25, 0.3) is 0 Å². The third kappa shape index (κ3) is 10.6. The molecule has 2 N–H and O–H groups in total. The molecule has 0 aromatic heterocycles. The fourth-order valence-corrected chi connectivity index (χ4v) is 3.52. The lowest BCUT2D eigenvalue weighted by Gasteiger charge is -2.34. The van der Waals surface area contributed by atoms with Crippen LogP contribution in [-0.4, -0.2) is 81.3 Å². The van der Waals surface area contributed by atoms with Gasteiger partial charge in [-0.15, -0.1) is 0 Å². The molecule has 0 unspecified atom stereocenters. The van der Waals surface area contributed by atoms with Crippen molar-refractivity contribution in [3.8, 4) is 0 Å². The van der Waals surface area contributed by atoms with Crippen molar-refractivity contribution in [2.75, 3.05) is 65.6 Å². The number of nitrogens with zero attached hydrogens (tertiary/aromatic N) is 3.